The molecule has 2 aliphatic rings. The van der Waals surface area contributed by atoms with E-state index < -0.39 is 0 Å². The van der Waals surface area contributed by atoms with Gasteiger partial charge in [0.15, 0.2) is 0 Å². The molecule has 2 fully saturated rings. The summed E-state index contributed by atoms with van der Waals surface area (Å²) in [5.74, 6) is 3.76. The van der Waals surface area contributed by atoms with Crippen molar-refractivity contribution in [2.24, 2.45) is 23.7 Å². The van der Waals surface area contributed by atoms with Gasteiger partial charge < -0.3 is 4.74 Å². The number of rotatable bonds is 7. The largest absolute Gasteiger partial charge is 0.462 e. The smallest absolute Gasteiger partial charge is 0.338 e. The van der Waals surface area contributed by atoms with E-state index in [1.54, 1.807) is 0 Å². The van der Waals surface area contributed by atoms with Crippen molar-refractivity contribution < 1.29 is 9.53 Å². The van der Waals surface area contributed by atoms with Gasteiger partial charge in [-0.1, -0.05) is 51.2 Å². The molecule has 2 saturated carbocycles. The van der Waals surface area contributed by atoms with Crippen LogP contribution in [0.5, 0.6) is 0 Å². The van der Waals surface area contributed by atoms with Gasteiger partial charge in [0.25, 0.3) is 0 Å². The number of carbonyl (C=O) groups is 1. The summed E-state index contributed by atoms with van der Waals surface area (Å²) in [5.41, 5.74) is 2.02. The Morgan fingerprint density at radius 1 is 0.852 bits per heavy atom. The van der Waals surface area contributed by atoms with Crippen LogP contribution in [0, 0.1) is 23.7 Å². The summed E-state index contributed by atoms with van der Waals surface area (Å²) in [6, 6.07) is 8.03. The maximum atomic E-state index is 11.7. The van der Waals surface area contributed by atoms with E-state index >= 15 is 0 Å². The van der Waals surface area contributed by atoms with Gasteiger partial charge in [-0.2, -0.15) is 0 Å². The molecule has 0 N–H and O–H groups in total. The van der Waals surface area contributed by atoms with Gasteiger partial charge in [-0.3, -0.25) is 0 Å². The molecule has 0 aliphatic heterocycles. The lowest BCUT2D eigenvalue weighted by molar-refractivity contribution is 0.0526. The summed E-state index contributed by atoms with van der Waals surface area (Å²) in [6.07, 6.45) is 15.6. The van der Waals surface area contributed by atoms with E-state index in [1.165, 1.54) is 69.8 Å². The summed E-state index contributed by atoms with van der Waals surface area (Å²) in [6.45, 7) is 4.64. The maximum Gasteiger partial charge on any atom is 0.338 e. The van der Waals surface area contributed by atoms with E-state index in [4.69, 9.17) is 4.74 Å². The highest BCUT2D eigenvalue weighted by Crippen LogP contribution is 2.42. The van der Waals surface area contributed by atoms with Crippen molar-refractivity contribution in [2.75, 3.05) is 6.61 Å². The molecule has 0 amide bonds. The monoisotopic (exact) mass is 370 g/mol. The van der Waals surface area contributed by atoms with Gasteiger partial charge in [0.05, 0.1) is 12.2 Å². The number of carbonyl (C=O) groups excluding carboxylic acids is 1. The molecule has 1 aromatic carbocycles. The first-order valence-corrected chi connectivity index (χ1v) is 11.5. The standard InChI is InChI=1S/C25H38O2/c1-3-19-7-13-22(14-8-19)23-15-9-20(10-16-23)5-6-21-11-17-24(18-12-21)25(26)27-4-2/h11-12,17-20,22-23H,3-10,13-16H2,1-2H3. The first-order valence-electron chi connectivity index (χ1n) is 11.5. The molecule has 27 heavy (non-hydrogen) atoms. The lowest BCUT2D eigenvalue weighted by Gasteiger charge is -2.37. The van der Waals surface area contributed by atoms with Crippen molar-refractivity contribution in [3.8, 4) is 0 Å². The van der Waals surface area contributed by atoms with Crippen LogP contribution in [0.2, 0.25) is 0 Å². The van der Waals surface area contributed by atoms with Crippen LogP contribution in [0.15, 0.2) is 24.3 Å². The second-order valence-corrected chi connectivity index (χ2v) is 8.93. The molecule has 2 aliphatic carbocycles. The van der Waals surface area contributed by atoms with E-state index in [0.29, 0.717) is 12.2 Å². The molecule has 0 unspecified atom stereocenters. The van der Waals surface area contributed by atoms with E-state index in [0.717, 1.165) is 30.1 Å². The molecule has 0 bridgehead atoms. The highest BCUT2D eigenvalue weighted by Gasteiger charge is 2.30. The second kappa shape index (κ2) is 10.3. The number of benzene rings is 1. The summed E-state index contributed by atoms with van der Waals surface area (Å²) >= 11 is 0. The Morgan fingerprint density at radius 2 is 1.41 bits per heavy atom. The zero-order valence-electron chi connectivity index (χ0n) is 17.4. The van der Waals surface area contributed by atoms with Gasteiger partial charge >= 0.3 is 5.97 Å². The molecule has 0 heterocycles. The van der Waals surface area contributed by atoms with Gasteiger partial charge in [-0.05, 0) is 86.8 Å². The van der Waals surface area contributed by atoms with Crippen molar-refractivity contribution in [1.82, 2.24) is 0 Å². The normalized spacial score (nSPS) is 28.7. The minimum atomic E-state index is -0.213. The number of ether oxygens (including phenoxy) is 1. The Balaban J connectivity index is 1.38. The molecule has 0 atom stereocenters. The Labute approximate surface area is 166 Å². The summed E-state index contributed by atoms with van der Waals surface area (Å²) in [7, 11) is 0. The first-order chi connectivity index (χ1) is 13.2. The highest BCUT2D eigenvalue weighted by atomic mass is 16.5. The van der Waals surface area contributed by atoms with Crippen molar-refractivity contribution in [2.45, 2.75) is 84.5 Å². The van der Waals surface area contributed by atoms with Crippen molar-refractivity contribution in [3.05, 3.63) is 35.4 Å². The summed E-state index contributed by atoms with van der Waals surface area (Å²) < 4.78 is 5.06. The van der Waals surface area contributed by atoms with Crippen LogP contribution in [-0.2, 0) is 11.2 Å². The molecule has 3 rings (SSSR count). The SMILES string of the molecule is CCOC(=O)c1ccc(CCC2CCC(C3CCC(CC)CC3)CC2)cc1. The van der Waals surface area contributed by atoms with Crippen LogP contribution >= 0.6 is 0 Å². The predicted molar refractivity (Wildman–Crippen MR) is 112 cm³/mol. The first kappa shape index (κ1) is 20.4. The molecule has 1 aromatic rings. The fourth-order valence-electron chi connectivity index (χ4n) is 5.41. The molecule has 0 aromatic heterocycles. The highest BCUT2D eigenvalue weighted by molar-refractivity contribution is 5.89. The molecule has 2 nitrogen and oxygen atoms in total. The molecular weight excluding hydrogens is 332 g/mol. The number of hydrogen-bond donors (Lipinski definition) is 0. The van der Waals surface area contributed by atoms with Crippen molar-refractivity contribution in [1.29, 1.82) is 0 Å². The van der Waals surface area contributed by atoms with Crippen LogP contribution in [0.4, 0.5) is 0 Å². The molecule has 0 radical (unpaired) electrons. The van der Waals surface area contributed by atoms with Crippen LogP contribution in [0.1, 0.15) is 94.0 Å². The van der Waals surface area contributed by atoms with Gasteiger partial charge in [0.1, 0.15) is 0 Å². The molecule has 0 saturated heterocycles. The van der Waals surface area contributed by atoms with Gasteiger partial charge in [0.2, 0.25) is 0 Å². The quantitative estimate of drug-likeness (QED) is 0.492. The minimum absolute atomic E-state index is 0.213. The average molecular weight is 371 g/mol. The third-order valence-corrected chi connectivity index (χ3v) is 7.33. The topological polar surface area (TPSA) is 26.3 Å². The van der Waals surface area contributed by atoms with E-state index in [1.807, 2.05) is 19.1 Å². The fourth-order valence-corrected chi connectivity index (χ4v) is 5.41. The Bertz CT molecular complexity index is 560. The number of hydrogen-bond acceptors (Lipinski definition) is 2. The average Bonchev–Trinajstić information content (AvgIpc) is 2.73. The van der Waals surface area contributed by atoms with Gasteiger partial charge in [-0.15, -0.1) is 0 Å². The van der Waals surface area contributed by atoms with E-state index in [9.17, 15) is 4.79 Å². The maximum absolute atomic E-state index is 11.7. The fraction of sp³-hybridized carbons (Fsp3) is 0.720. The van der Waals surface area contributed by atoms with Crippen LogP contribution < -0.4 is 0 Å². The Kier molecular flexibility index (Phi) is 7.79. The molecule has 0 spiro atoms. The zero-order valence-corrected chi connectivity index (χ0v) is 17.4. The van der Waals surface area contributed by atoms with Crippen molar-refractivity contribution >= 4 is 5.97 Å². The van der Waals surface area contributed by atoms with Crippen LogP contribution in [-0.4, -0.2) is 12.6 Å². The number of aryl methyl sites for hydroxylation is 1. The lowest BCUT2D eigenvalue weighted by atomic mass is 9.68. The molecule has 150 valence electrons. The van der Waals surface area contributed by atoms with Crippen LogP contribution in [0.25, 0.3) is 0 Å². The van der Waals surface area contributed by atoms with E-state index in [2.05, 4.69) is 19.1 Å². The lowest BCUT2D eigenvalue weighted by Crippen LogP contribution is -2.25. The van der Waals surface area contributed by atoms with Gasteiger partial charge in [0, 0.05) is 0 Å². The molecule has 2 heteroatoms. The van der Waals surface area contributed by atoms with Crippen molar-refractivity contribution in [3.63, 3.8) is 0 Å². The van der Waals surface area contributed by atoms with Gasteiger partial charge in [-0.25, -0.2) is 4.79 Å². The molecular formula is C25H38O2. The third kappa shape index (κ3) is 5.83. The van der Waals surface area contributed by atoms with E-state index in [-0.39, 0.29) is 5.97 Å². The summed E-state index contributed by atoms with van der Waals surface area (Å²) in [4.78, 5) is 11.7. The zero-order chi connectivity index (χ0) is 19.1. The Morgan fingerprint density at radius 3 is 1.93 bits per heavy atom. The third-order valence-electron chi connectivity index (χ3n) is 7.33. The predicted octanol–water partition coefficient (Wildman–Crippen LogP) is 6.82. The van der Waals surface area contributed by atoms with Crippen LogP contribution in [0.3, 0.4) is 0 Å². The second-order valence-electron chi connectivity index (χ2n) is 8.93. The summed E-state index contributed by atoms with van der Waals surface area (Å²) in [5, 5.41) is 0. The Hall–Kier alpha value is -1.31. The minimum Gasteiger partial charge on any atom is -0.462 e. The number of esters is 1.